The smallest absolute Gasteiger partial charge is 0.244 e. The first-order valence-electron chi connectivity index (χ1n) is 9.12. The number of likely N-dealkylation sites (tertiary alicyclic amines) is 1. The maximum atomic E-state index is 12.2. The number of hydrogen-bond donors (Lipinski definition) is 1. The van der Waals surface area contributed by atoms with E-state index >= 15 is 0 Å². The van der Waals surface area contributed by atoms with Gasteiger partial charge < -0.3 is 10.1 Å². The topological polar surface area (TPSA) is 41.6 Å². The van der Waals surface area contributed by atoms with Gasteiger partial charge in [-0.25, -0.2) is 0 Å². The molecule has 1 aliphatic rings. The summed E-state index contributed by atoms with van der Waals surface area (Å²) in [4.78, 5) is 14.7. The summed E-state index contributed by atoms with van der Waals surface area (Å²) in [5.74, 6) is 0.725. The molecular formula is C22H26N2O2. The Balaban J connectivity index is 1.45. The zero-order chi connectivity index (χ0) is 18.2. The molecule has 1 aliphatic heterocycles. The van der Waals surface area contributed by atoms with Crippen molar-refractivity contribution in [2.24, 2.45) is 0 Å². The van der Waals surface area contributed by atoms with Crippen LogP contribution in [-0.4, -0.2) is 37.0 Å². The van der Waals surface area contributed by atoms with Gasteiger partial charge in [0, 0.05) is 37.3 Å². The van der Waals surface area contributed by atoms with E-state index in [0.29, 0.717) is 0 Å². The fourth-order valence-corrected chi connectivity index (χ4v) is 3.30. The van der Waals surface area contributed by atoms with Crippen molar-refractivity contribution in [2.45, 2.75) is 25.4 Å². The number of rotatable bonds is 6. The first-order valence-corrected chi connectivity index (χ1v) is 9.12. The van der Waals surface area contributed by atoms with Gasteiger partial charge in [-0.2, -0.15) is 0 Å². The fraction of sp³-hybridized carbons (Fsp3) is 0.318. The number of carbonyl (C=O) groups excluding carboxylic acids is 1. The number of hydrogen-bond acceptors (Lipinski definition) is 3. The van der Waals surface area contributed by atoms with Crippen LogP contribution in [0.2, 0.25) is 0 Å². The molecule has 0 radical (unpaired) electrons. The molecule has 0 atom stereocenters. The van der Waals surface area contributed by atoms with Crippen molar-refractivity contribution in [3.05, 3.63) is 71.8 Å². The average Bonchev–Trinajstić information content (AvgIpc) is 2.69. The maximum Gasteiger partial charge on any atom is 0.244 e. The number of para-hydroxylation sites is 1. The van der Waals surface area contributed by atoms with Gasteiger partial charge in [0.1, 0.15) is 5.75 Å². The largest absolute Gasteiger partial charge is 0.496 e. The van der Waals surface area contributed by atoms with E-state index in [1.54, 1.807) is 19.3 Å². The van der Waals surface area contributed by atoms with E-state index in [4.69, 9.17) is 4.74 Å². The van der Waals surface area contributed by atoms with E-state index in [0.717, 1.165) is 43.8 Å². The molecule has 0 unspecified atom stereocenters. The highest BCUT2D eigenvalue weighted by Gasteiger charge is 2.20. The third-order valence-electron chi connectivity index (χ3n) is 4.74. The predicted molar refractivity (Wildman–Crippen MR) is 105 cm³/mol. The third kappa shape index (κ3) is 5.20. The predicted octanol–water partition coefficient (Wildman–Crippen LogP) is 3.49. The first-order chi connectivity index (χ1) is 12.7. The number of nitrogens with zero attached hydrogens (tertiary/aromatic N) is 1. The normalized spacial score (nSPS) is 15.9. The van der Waals surface area contributed by atoms with Gasteiger partial charge in [-0.15, -0.1) is 0 Å². The molecule has 1 amide bonds. The molecule has 0 saturated carbocycles. The molecule has 0 bridgehead atoms. The van der Waals surface area contributed by atoms with Crippen molar-refractivity contribution >= 4 is 12.0 Å². The second kappa shape index (κ2) is 9.20. The quantitative estimate of drug-likeness (QED) is 0.811. The van der Waals surface area contributed by atoms with Crippen molar-refractivity contribution in [1.29, 1.82) is 0 Å². The summed E-state index contributed by atoms with van der Waals surface area (Å²) in [7, 11) is 1.63. The molecule has 4 nitrogen and oxygen atoms in total. The van der Waals surface area contributed by atoms with Gasteiger partial charge >= 0.3 is 0 Å². The van der Waals surface area contributed by atoms with Gasteiger partial charge in [0.25, 0.3) is 0 Å². The van der Waals surface area contributed by atoms with E-state index in [9.17, 15) is 4.79 Å². The lowest BCUT2D eigenvalue weighted by Gasteiger charge is -2.32. The number of nitrogens with one attached hydrogen (secondary N) is 1. The van der Waals surface area contributed by atoms with Crippen LogP contribution in [0.4, 0.5) is 0 Å². The minimum atomic E-state index is -0.0441. The van der Waals surface area contributed by atoms with E-state index in [1.807, 2.05) is 30.3 Å². The van der Waals surface area contributed by atoms with E-state index in [2.05, 4.69) is 34.5 Å². The zero-order valence-corrected chi connectivity index (χ0v) is 15.2. The molecule has 1 N–H and O–H groups in total. The molecule has 0 aromatic heterocycles. The Kier molecular flexibility index (Phi) is 6.45. The highest BCUT2D eigenvalue weighted by Crippen LogP contribution is 2.18. The molecule has 0 spiro atoms. The molecule has 1 heterocycles. The fourth-order valence-electron chi connectivity index (χ4n) is 3.30. The van der Waals surface area contributed by atoms with Crippen LogP contribution in [0.3, 0.4) is 0 Å². The summed E-state index contributed by atoms with van der Waals surface area (Å²) < 4.78 is 5.30. The van der Waals surface area contributed by atoms with Gasteiger partial charge in [0.05, 0.1) is 7.11 Å². The SMILES string of the molecule is COc1ccccc1/C=C/C(=O)NC1CCN(Cc2ccccc2)CC1. The van der Waals surface area contributed by atoms with Crippen molar-refractivity contribution in [1.82, 2.24) is 10.2 Å². The van der Waals surface area contributed by atoms with Crippen molar-refractivity contribution in [2.75, 3.05) is 20.2 Å². The standard InChI is InChI=1S/C22H26N2O2/c1-26-21-10-6-5-9-19(21)11-12-22(25)23-20-13-15-24(16-14-20)17-18-7-3-2-4-8-18/h2-12,20H,13-17H2,1H3,(H,23,25)/b12-11+. The third-order valence-corrected chi connectivity index (χ3v) is 4.74. The number of ether oxygens (including phenoxy) is 1. The molecule has 1 saturated heterocycles. The second-order valence-corrected chi connectivity index (χ2v) is 6.62. The molecule has 4 heteroatoms. The number of carbonyl (C=O) groups is 1. The van der Waals surface area contributed by atoms with Gasteiger partial charge in [0.15, 0.2) is 0 Å². The van der Waals surface area contributed by atoms with Crippen LogP contribution in [0.25, 0.3) is 6.08 Å². The second-order valence-electron chi connectivity index (χ2n) is 6.62. The molecule has 3 rings (SSSR count). The molecule has 0 aliphatic carbocycles. The first kappa shape index (κ1) is 18.2. The Labute approximate surface area is 155 Å². The molecule has 1 fully saturated rings. The number of amides is 1. The molecule has 136 valence electrons. The summed E-state index contributed by atoms with van der Waals surface area (Å²) in [5.41, 5.74) is 2.25. The van der Waals surface area contributed by atoms with Gasteiger partial charge in [-0.3, -0.25) is 9.69 Å². The summed E-state index contributed by atoms with van der Waals surface area (Å²) in [5, 5.41) is 3.12. The van der Waals surface area contributed by atoms with Crippen molar-refractivity contribution in [3.63, 3.8) is 0 Å². The Bertz CT molecular complexity index is 735. The number of methoxy groups -OCH3 is 1. The molecular weight excluding hydrogens is 324 g/mol. The molecule has 2 aromatic rings. The number of piperidine rings is 1. The molecule has 2 aromatic carbocycles. The summed E-state index contributed by atoms with van der Waals surface area (Å²) in [6.07, 6.45) is 5.37. The van der Waals surface area contributed by atoms with Crippen LogP contribution in [0.1, 0.15) is 24.0 Å². The Hall–Kier alpha value is -2.59. The Morgan fingerprint density at radius 3 is 2.54 bits per heavy atom. The van der Waals surface area contributed by atoms with Crippen LogP contribution < -0.4 is 10.1 Å². The van der Waals surface area contributed by atoms with Gasteiger partial charge in [0.2, 0.25) is 5.91 Å². The highest BCUT2D eigenvalue weighted by atomic mass is 16.5. The van der Waals surface area contributed by atoms with E-state index < -0.39 is 0 Å². The van der Waals surface area contributed by atoms with Gasteiger partial charge in [-0.1, -0.05) is 48.5 Å². The van der Waals surface area contributed by atoms with Crippen molar-refractivity contribution < 1.29 is 9.53 Å². The lowest BCUT2D eigenvalue weighted by Crippen LogP contribution is -2.43. The van der Waals surface area contributed by atoms with Gasteiger partial charge in [-0.05, 0) is 30.5 Å². The lowest BCUT2D eigenvalue weighted by molar-refractivity contribution is -0.117. The monoisotopic (exact) mass is 350 g/mol. The average molecular weight is 350 g/mol. The summed E-state index contributed by atoms with van der Waals surface area (Å²) >= 11 is 0. The maximum absolute atomic E-state index is 12.2. The van der Waals surface area contributed by atoms with E-state index in [1.165, 1.54) is 5.56 Å². The Morgan fingerprint density at radius 2 is 1.81 bits per heavy atom. The van der Waals surface area contributed by atoms with Crippen LogP contribution >= 0.6 is 0 Å². The zero-order valence-electron chi connectivity index (χ0n) is 15.2. The number of benzene rings is 2. The van der Waals surface area contributed by atoms with E-state index in [-0.39, 0.29) is 11.9 Å². The van der Waals surface area contributed by atoms with Crippen LogP contribution in [0.5, 0.6) is 5.75 Å². The molecule has 26 heavy (non-hydrogen) atoms. The Morgan fingerprint density at radius 1 is 1.12 bits per heavy atom. The highest BCUT2D eigenvalue weighted by molar-refractivity contribution is 5.92. The lowest BCUT2D eigenvalue weighted by atomic mass is 10.0. The van der Waals surface area contributed by atoms with Crippen LogP contribution in [-0.2, 0) is 11.3 Å². The van der Waals surface area contributed by atoms with Crippen LogP contribution in [0.15, 0.2) is 60.7 Å². The summed E-state index contributed by atoms with van der Waals surface area (Å²) in [6.45, 7) is 3.00. The summed E-state index contributed by atoms with van der Waals surface area (Å²) in [6, 6.07) is 18.5. The minimum Gasteiger partial charge on any atom is -0.496 e. The van der Waals surface area contributed by atoms with Crippen molar-refractivity contribution in [3.8, 4) is 5.75 Å². The minimum absolute atomic E-state index is 0.0441. The van der Waals surface area contributed by atoms with Crippen LogP contribution in [0, 0.1) is 0 Å².